The molecule has 0 aliphatic carbocycles. The van der Waals surface area contributed by atoms with Gasteiger partial charge in [0.25, 0.3) is 5.91 Å². The topological polar surface area (TPSA) is 66.7 Å². The first-order valence-electron chi connectivity index (χ1n) is 7.09. The minimum atomic E-state index is -0.378. The van der Waals surface area contributed by atoms with Gasteiger partial charge in [0, 0.05) is 26.0 Å². The fraction of sp³-hybridized carbons (Fsp3) is 0.400. The van der Waals surface area contributed by atoms with E-state index in [1.807, 2.05) is 0 Å². The molecule has 2 aromatic rings. The molecule has 7 heteroatoms. The number of furan rings is 1. The highest BCUT2D eigenvalue weighted by Crippen LogP contribution is 2.26. The SMILES string of the molecule is CN(C)C(=O)C1CCCN1C(=O)c1csc(-c2ccco2)n1. The van der Waals surface area contributed by atoms with Gasteiger partial charge >= 0.3 is 0 Å². The van der Waals surface area contributed by atoms with Crippen molar-refractivity contribution in [2.24, 2.45) is 0 Å². The van der Waals surface area contributed by atoms with Crippen molar-refractivity contribution in [2.45, 2.75) is 18.9 Å². The Labute approximate surface area is 132 Å². The van der Waals surface area contributed by atoms with Gasteiger partial charge < -0.3 is 14.2 Å². The maximum Gasteiger partial charge on any atom is 0.274 e. The molecule has 6 nitrogen and oxygen atoms in total. The van der Waals surface area contributed by atoms with E-state index >= 15 is 0 Å². The minimum Gasteiger partial charge on any atom is -0.462 e. The van der Waals surface area contributed by atoms with Crippen LogP contribution in [-0.4, -0.2) is 53.3 Å². The molecule has 3 rings (SSSR count). The lowest BCUT2D eigenvalue weighted by atomic mass is 10.2. The number of likely N-dealkylation sites (tertiary alicyclic amines) is 1. The lowest BCUT2D eigenvalue weighted by Crippen LogP contribution is -2.45. The van der Waals surface area contributed by atoms with E-state index in [0.717, 1.165) is 6.42 Å². The summed E-state index contributed by atoms with van der Waals surface area (Å²) in [7, 11) is 3.42. The number of rotatable bonds is 3. The van der Waals surface area contributed by atoms with Crippen LogP contribution in [-0.2, 0) is 4.79 Å². The molecule has 116 valence electrons. The zero-order chi connectivity index (χ0) is 15.7. The van der Waals surface area contributed by atoms with E-state index in [1.54, 1.807) is 42.8 Å². The third-order valence-corrected chi connectivity index (χ3v) is 4.55. The molecular formula is C15H17N3O3S. The maximum absolute atomic E-state index is 12.6. The first-order chi connectivity index (χ1) is 10.6. The summed E-state index contributed by atoms with van der Waals surface area (Å²) in [5.74, 6) is 0.422. The van der Waals surface area contributed by atoms with Crippen LogP contribution in [0, 0.1) is 0 Å². The Hall–Kier alpha value is -2.15. The fourth-order valence-electron chi connectivity index (χ4n) is 2.60. The van der Waals surface area contributed by atoms with Gasteiger partial charge in [-0.3, -0.25) is 9.59 Å². The maximum atomic E-state index is 12.6. The number of nitrogens with zero attached hydrogens (tertiary/aromatic N) is 3. The number of carbonyl (C=O) groups excluding carboxylic acids is 2. The normalized spacial score (nSPS) is 17.7. The molecule has 1 fully saturated rings. The standard InChI is InChI=1S/C15H17N3O3S/c1-17(2)15(20)11-5-3-7-18(11)14(19)10-9-22-13(16-10)12-6-4-8-21-12/h4,6,8-9,11H,3,5,7H2,1-2H3. The van der Waals surface area contributed by atoms with Gasteiger partial charge in [-0.1, -0.05) is 0 Å². The van der Waals surface area contributed by atoms with E-state index in [1.165, 1.54) is 16.2 Å². The van der Waals surface area contributed by atoms with Crippen molar-refractivity contribution in [3.63, 3.8) is 0 Å². The monoisotopic (exact) mass is 319 g/mol. The summed E-state index contributed by atoms with van der Waals surface area (Å²) in [6.45, 7) is 0.594. The Morgan fingerprint density at radius 1 is 1.45 bits per heavy atom. The minimum absolute atomic E-state index is 0.0349. The molecule has 0 bridgehead atoms. The molecule has 1 aliphatic rings. The first kappa shape index (κ1) is 14.8. The van der Waals surface area contributed by atoms with E-state index in [-0.39, 0.29) is 17.9 Å². The average Bonchev–Trinajstić information content (AvgIpc) is 3.24. The highest BCUT2D eigenvalue weighted by Gasteiger charge is 2.36. The summed E-state index contributed by atoms with van der Waals surface area (Å²) in [6.07, 6.45) is 3.12. The van der Waals surface area contributed by atoms with Gasteiger partial charge in [0.05, 0.1) is 6.26 Å². The van der Waals surface area contributed by atoms with Crippen LogP contribution in [0.1, 0.15) is 23.3 Å². The van der Waals surface area contributed by atoms with Crippen LogP contribution in [0.3, 0.4) is 0 Å². The Bertz CT molecular complexity index is 678. The Kier molecular flexibility index (Phi) is 3.98. The summed E-state index contributed by atoms with van der Waals surface area (Å²) in [5, 5.41) is 2.39. The summed E-state index contributed by atoms with van der Waals surface area (Å²) in [6, 6.07) is 3.21. The highest BCUT2D eigenvalue weighted by molar-refractivity contribution is 7.13. The first-order valence-corrected chi connectivity index (χ1v) is 7.97. The van der Waals surface area contributed by atoms with E-state index in [2.05, 4.69) is 4.98 Å². The molecule has 1 saturated heterocycles. The number of likely N-dealkylation sites (N-methyl/N-ethyl adjacent to an activating group) is 1. The zero-order valence-corrected chi connectivity index (χ0v) is 13.3. The number of hydrogen-bond donors (Lipinski definition) is 0. The van der Waals surface area contributed by atoms with Crippen molar-refractivity contribution in [3.8, 4) is 10.8 Å². The van der Waals surface area contributed by atoms with Crippen molar-refractivity contribution in [3.05, 3.63) is 29.5 Å². The van der Waals surface area contributed by atoms with Crippen LogP contribution in [0.25, 0.3) is 10.8 Å². The largest absolute Gasteiger partial charge is 0.462 e. The third kappa shape index (κ3) is 2.64. The van der Waals surface area contributed by atoms with Crippen LogP contribution in [0.5, 0.6) is 0 Å². The van der Waals surface area contributed by atoms with Crippen LogP contribution in [0.15, 0.2) is 28.2 Å². The summed E-state index contributed by atoms with van der Waals surface area (Å²) >= 11 is 1.36. The van der Waals surface area contributed by atoms with E-state index in [9.17, 15) is 9.59 Å². The lowest BCUT2D eigenvalue weighted by molar-refractivity contribution is -0.132. The van der Waals surface area contributed by atoms with Gasteiger partial charge in [-0.25, -0.2) is 4.98 Å². The number of amides is 2. The van der Waals surface area contributed by atoms with Crippen molar-refractivity contribution in [1.82, 2.24) is 14.8 Å². The molecule has 0 saturated carbocycles. The van der Waals surface area contributed by atoms with E-state index in [4.69, 9.17) is 4.42 Å². The summed E-state index contributed by atoms with van der Waals surface area (Å²) in [4.78, 5) is 32.3. The zero-order valence-electron chi connectivity index (χ0n) is 12.5. The lowest BCUT2D eigenvalue weighted by Gasteiger charge is -2.25. The molecule has 1 aliphatic heterocycles. The van der Waals surface area contributed by atoms with Crippen molar-refractivity contribution in [1.29, 1.82) is 0 Å². The molecule has 1 atom stereocenters. The molecule has 0 aromatic carbocycles. The number of hydrogen-bond acceptors (Lipinski definition) is 5. The summed E-state index contributed by atoms with van der Waals surface area (Å²) in [5.41, 5.74) is 0.370. The van der Waals surface area contributed by atoms with Crippen LogP contribution in [0.4, 0.5) is 0 Å². The molecule has 0 radical (unpaired) electrons. The van der Waals surface area contributed by atoms with Gasteiger partial charge in [-0.15, -0.1) is 11.3 Å². The predicted octanol–water partition coefficient (Wildman–Crippen LogP) is 2.10. The molecule has 0 N–H and O–H groups in total. The molecule has 0 spiro atoms. The van der Waals surface area contributed by atoms with Gasteiger partial charge in [0.1, 0.15) is 11.7 Å². The van der Waals surface area contributed by atoms with Crippen molar-refractivity contribution < 1.29 is 14.0 Å². The fourth-order valence-corrected chi connectivity index (χ4v) is 3.36. The smallest absolute Gasteiger partial charge is 0.274 e. The van der Waals surface area contributed by atoms with Crippen molar-refractivity contribution >= 4 is 23.2 Å². The third-order valence-electron chi connectivity index (χ3n) is 3.69. The van der Waals surface area contributed by atoms with E-state index < -0.39 is 0 Å². The van der Waals surface area contributed by atoms with Crippen LogP contribution >= 0.6 is 11.3 Å². The molecule has 3 heterocycles. The molecule has 22 heavy (non-hydrogen) atoms. The summed E-state index contributed by atoms with van der Waals surface area (Å²) < 4.78 is 5.29. The Morgan fingerprint density at radius 2 is 2.27 bits per heavy atom. The van der Waals surface area contributed by atoms with Gasteiger partial charge in [0.15, 0.2) is 10.8 Å². The number of aromatic nitrogens is 1. The second-order valence-corrected chi connectivity index (χ2v) is 6.26. The predicted molar refractivity (Wildman–Crippen MR) is 82.6 cm³/mol. The van der Waals surface area contributed by atoms with Gasteiger partial charge in [-0.05, 0) is 25.0 Å². The Balaban J connectivity index is 1.80. The van der Waals surface area contributed by atoms with Crippen LogP contribution < -0.4 is 0 Å². The van der Waals surface area contributed by atoms with Crippen LogP contribution in [0.2, 0.25) is 0 Å². The second-order valence-electron chi connectivity index (χ2n) is 5.40. The molecule has 1 unspecified atom stereocenters. The van der Waals surface area contributed by atoms with E-state index in [0.29, 0.717) is 29.4 Å². The van der Waals surface area contributed by atoms with Gasteiger partial charge in [-0.2, -0.15) is 0 Å². The van der Waals surface area contributed by atoms with Crippen molar-refractivity contribution in [2.75, 3.05) is 20.6 Å². The van der Waals surface area contributed by atoms with Gasteiger partial charge in [0.2, 0.25) is 5.91 Å². The number of thiazole rings is 1. The molecular weight excluding hydrogens is 302 g/mol. The quantitative estimate of drug-likeness (QED) is 0.869. The molecule has 2 aromatic heterocycles. The second kappa shape index (κ2) is 5.92. The average molecular weight is 319 g/mol. The molecule has 2 amide bonds. The Morgan fingerprint density at radius 3 is 2.95 bits per heavy atom. The number of carbonyl (C=O) groups is 2. The highest BCUT2D eigenvalue weighted by atomic mass is 32.1.